The van der Waals surface area contributed by atoms with E-state index in [0.717, 1.165) is 16.3 Å². The first kappa shape index (κ1) is 13.3. The lowest BCUT2D eigenvalue weighted by atomic mass is 9.97. The summed E-state index contributed by atoms with van der Waals surface area (Å²) in [6.45, 7) is 0. The van der Waals surface area contributed by atoms with E-state index in [1.54, 1.807) is 6.07 Å². The predicted octanol–water partition coefficient (Wildman–Crippen LogP) is 3.83. The average molecular weight is 274 g/mol. The maximum Gasteiger partial charge on any atom is 0.229 e. The smallest absolute Gasteiger partial charge is 0.229 e. The molecule has 0 fully saturated rings. The van der Waals surface area contributed by atoms with Crippen LogP contribution in [0.25, 0.3) is 10.8 Å². The first-order valence-corrected chi connectivity index (χ1v) is 6.85. The van der Waals surface area contributed by atoms with Gasteiger partial charge >= 0.3 is 0 Å². The molecule has 0 aliphatic rings. The molecule has 21 heavy (non-hydrogen) atoms. The summed E-state index contributed by atoms with van der Waals surface area (Å²) in [6.07, 6.45) is 0.142. The SMILES string of the molecule is O=C(Cc1ccccc1)C(=O)c1cccc2ccccc12. The fourth-order valence-electron chi connectivity index (χ4n) is 2.44. The van der Waals surface area contributed by atoms with Crippen LogP contribution >= 0.6 is 0 Å². The van der Waals surface area contributed by atoms with Crippen molar-refractivity contribution in [2.75, 3.05) is 0 Å². The summed E-state index contributed by atoms with van der Waals surface area (Å²) in [7, 11) is 0. The molecule has 0 amide bonds. The number of carbonyl (C=O) groups excluding carboxylic acids is 2. The largest absolute Gasteiger partial charge is 0.290 e. The molecule has 0 atom stereocenters. The van der Waals surface area contributed by atoms with Crippen LogP contribution in [0.1, 0.15) is 15.9 Å². The van der Waals surface area contributed by atoms with Crippen LogP contribution in [0.15, 0.2) is 72.8 Å². The van der Waals surface area contributed by atoms with Gasteiger partial charge in [-0.05, 0) is 16.3 Å². The fraction of sp³-hybridized carbons (Fsp3) is 0.0526. The fourth-order valence-corrected chi connectivity index (χ4v) is 2.44. The molecule has 0 aliphatic carbocycles. The van der Waals surface area contributed by atoms with Crippen molar-refractivity contribution in [3.63, 3.8) is 0 Å². The Morgan fingerprint density at radius 2 is 1.38 bits per heavy atom. The normalized spacial score (nSPS) is 10.5. The minimum atomic E-state index is -0.421. The standard InChI is InChI=1S/C19H14O2/c20-18(13-14-7-2-1-3-8-14)19(21)17-12-6-10-15-9-4-5-11-16(15)17/h1-12H,13H2. The molecule has 0 aliphatic heterocycles. The first-order valence-electron chi connectivity index (χ1n) is 6.85. The maximum atomic E-state index is 12.4. The Kier molecular flexibility index (Phi) is 3.61. The number of Topliss-reactive ketones (excluding diaryl/α,β-unsaturated/α-hetero) is 2. The lowest BCUT2D eigenvalue weighted by Crippen LogP contribution is -2.17. The summed E-state index contributed by atoms with van der Waals surface area (Å²) < 4.78 is 0. The van der Waals surface area contributed by atoms with E-state index in [1.807, 2.05) is 66.7 Å². The van der Waals surface area contributed by atoms with Crippen molar-refractivity contribution in [1.29, 1.82) is 0 Å². The summed E-state index contributed by atoms with van der Waals surface area (Å²) in [5.41, 5.74) is 1.34. The molecule has 0 radical (unpaired) electrons. The molecule has 0 saturated heterocycles. The molecule has 2 heteroatoms. The second kappa shape index (κ2) is 5.71. The summed E-state index contributed by atoms with van der Waals surface area (Å²) >= 11 is 0. The quantitative estimate of drug-likeness (QED) is 0.535. The Balaban J connectivity index is 1.92. The molecule has 0 N–H and O–H groups in total. The maximum absolute atomic E-state index is 12.4. The highest BCUT2D eigenvalue weighted by molar-refractivity contribution is 6.46. The van der Waals surface area contributed by atoms with E-state index in [4.69, 9.17) is 0 Å². The highest BCUT2D eigenvalue weighted by atomic mass is 16.2. The van der Waals surface area contributed by atoms with Gasteiger partial charge in [-0.3, -0.25) is 9.59 Å². The molecule has 0 heterocycles. The molecule has 0 bridgehead atoms. The average Bonchev–Trinajstić information content (AvgIpc) is 2.54. The van der Waals surface area contributed by atoms with Gasteiger partial charge in [0.05, 0.1) is 0 Å². The van der Waals surface area contributed by atoms with E-state index in [9.17, 15) is 9.59 Å². The van der Waals surface area contributed by atoms with Crippen molar-refractivity contribution in [2.24, 2.45) is 0 Å². The van der Waals surface area contributed by atoms with E-state index in [-0.39, 0.29) is 12.2 Å². The third-order valence-corrected chi connectivity index (χ3v) is 3.50. The van der Waals surface area contributed by atoms with E-state index in [2.05, 4.69) is 0 Å². The summed E-state index contributed by atoms with van der Waals surface area (Å²) in [6, 6.07) is 22.4. The Labute approximate surface area is 123 Å². The zero-order chi connectivity index (χ0) is 14.7. The van der Waals surface area contributed by atoms with Crippen LogP contribution < -0.4 is 0 Å². The van der Waals surface area contributed by atoms with E-state index in [1.165, 1.54) is 0 Å². The van der Waals surface area contributed by atoms with Gasteiger partial charge < -0.3 is 0 Å². The molecule has 0 spiro atoms. The Morgan fingerprint density at radius 3 is 2.19 bits per heavy atom. The van der Waals surface area contributed by atoms with Gasteiger partial charge in [0.25, 0.3) is 0 Å². The van der Waals surface area contributed by atoms with Gasteiger partial charge in [-0.25, -0.2) is 0 Å². The Bertz CT molecular complexity index is 799. The minimum Gasteiger partial charge on any atom is -0.290 e. The van der Waals surface area contributed by atoms with Crippen LogP contribution in [-0.2, 0) is 11.2 Å². The molecule has 3 aromatic rings. The van der Waals surface area contributed by atoms with Gasteiger partial charge in [0.1, 0.15) is 0 Å². The molecular weight excluding hydrogens is 260 g/mol. The second-order valence-corrected chi connectivity index (χ2v) is 4.94. The van der Waals surface area contributed by atoms with Crippen LogP contribution in [0, 0.1) is 0 Å². The number of hydrogen-bond acceptors (Lipinski definition) is 2. The second-order valence-electron chi connectivity index (χ2n) is 4.94. The van der Waals surface area contributed by atoms with E-state index < -0.39 is 5.78 Å². The molecule has 3 rings (SSSR count). The first-order chi connectivity index (χ1) is 10.3. The molecule has 0 aromatic heterocycles. The molecule has 3 aromatic carbocycles. The van der Waals surface area contributed by atoms with Crippen molar-refractivity contribution >= 4 is 22.3 Å². The number of benzene rings is 3. The zero-order valence-electron chi connectivity index (χ0n) is 11.5. The summed E-state index contributed by atoms with van der Waals surface area (Å²) in [5.74, 6) is -0.798. The van der Waals surface area contributed by atoms with Gasteiger partial charge in [0.15, 0.2) is 0 Å². The minimum absolute atomic E-state index is 0.142. The number of carbonyl (C=O) groups is 2. The number of hydrogen-bond donors (Lipinski definition) is 0. The third kappa shape index (κ3) is 2.75. The van der Waals surface area contributed by atoms with Crippen molar-refractivity contribution in [2.45, 2.75) is 6.42 Å². The molecule has 102 valence electrons. The summed E-state index contributed by atoms with van der Waals surface area (Å²) in [5, 5.41) is 1.79. The van der Waals surface area contributed by atoms with Crippen molar-refractivity contribution in [3.05, 3.63) is 83.9 Å². The molecule has 2 nitrogen and oxygen atoms in total. The topological polar surface area (TPSA) is 34.1 Å². The zero-order valence-corrected chi connectivity index (χ0v) is 11.5. The van der Waals surface area contributed by atoms with Crippen LogP contribution in [0.2, 0.25) is 0 Å². The highest BCUT2D eigenvalue weighted by Gasteiger charge is 2.18. The molecule has 0 unspecified atom stereocenters. The van der Waals surface area contributed by atoms with Crippen molar-refractivity contribution in [1.82, 2.24) is 0 Å². The third-order valence-electron chi connectivity index (χ3n) is 3.50. The van der Waals surface area contributed by atoms with Crippen molar-refractivity contribution < 1.29 is 9.59 Å². The van der Waals surface area contributed by atoms with E-state index >= 15 is 0 Å². The van der Waals surface area contributed by atoms with Gasteiger partial charge in [0.2, 0.25) is 11.6 Å². The van der Waals surface area contributed by atoms with Gasteiger partial charge in [-0.1, -0.05) is 72.8 Å². The number of ketones is 2. The monoisotopic (exact) mass is 274 g/mol. The van der Waals surface area contributed by atoms with E-state index in [0.29, 0.717) is 5.56 Å². The number of fused-ring (bicyclic) bond motifs is 1. The van der Waals surface area contributed by atoms with Gasteiger partial charge in [-0.15, -0.1) is 0 Å². The molecule has 0 saturated carbocycles. The predicted molar refractivity (Wildman–Crippen MR) is 83.4 cm³/mol. The Morgan fingerprint density at radius 1 is 0.714 bits per heavy atom. The van der Waals surface area contributed by atoms with Crippen LogP contribution in [-0.4, -0.2) is 11.6 Å². The lowest BCUT2D eigenvalue weighted by molar-refractivity contribution is -0.114. The van der Waals surface area contributed by atoms with Crippen molar-refractivity contribution in [3.8, 4) is 0 Å². The Hall–Kier alpha value is -2.74. The van der Waals surface area contributed by atoms with Crippen LogP contribution in [0.4, 0.5) is 0 Å². The number of rotatable bonds is 4. The lowest BCUT2D eigenvalue weighted by Gasteiger charge is -2.05. The molecular formula is C19H14O2. The van der Waals surface area contributed by atoms with Crippen LogP contribution in [0.5, 0.6) is 0 Å². The van der Waals surface area contributed by atoms with Gasteiger partial charge in [0, 0.05) is 12.0 Å². The van der Waals surface area contributed by atoms with Crippen LogP contribution in [0.3, 0.4) is 0 Å². The van der Waals surface area contributed by atoms with Gasteiger partial charge in [-0.2, -0.15) is 0 Å². The summed E-state index contributed by atoms with van der Waals surface area (Å²) in [4.78, 5) is 24.6. The highest BCUT2D eigenvalue weighted by Crippen LogP contribution is 2.19.